The van der Waals surface area contributed by atoms with E-state index < -0.39 is 17.8 Å². The van der Waals surface area contributed by atoms with Crippen LogP contribution in [0.2, 0.25) is 0 Å². The Hall–Kier alpha value is -1.57. The Morgan fingerprint density at radius 1 is 1.30 bits per heavy atom. The molecule has 1 aromatic heterocycles. The average molecular weight is 329 g/mol. The maximum atomic E-state index is 12.5. The molecule has 1 aromatic rings. The quantitative estimate of drug-likeness (QED) is 0.872. The summed E-state index contributed by atoms with van der Waals surface area (Å²) in [5.74, 6) is 0.421. The zero-order valence-corrected chi connectivity index (χ0v) is 12.4. The van der Waals surface area contributed by atoms with E-state index in [-0.39, 0.29) is 28.1 Å². The van der Waals surface area contributed by atoms with Crippen molar-refractivity contribution in [2.45, 2.75) is 50.0 Å². The lowest BCUT2D eigenvalue weighted by Gasteiger charge is -2.58. The van der Waals surface area contributed by atoms with Gasteiger partial charge in [0.2, 0.25) is 0 Å². The van der Waals surface area contributed by atoms with Gasteiger partial charge >= 0.3 is 6.30 Å². The molecule has 126 valence electrons. The molecule has 4 saturated carbocycles. The van der Waals surface area contributed by atoms with E-state index >= 15 is 0 Å². The number of hydrogen-bond acceptors (Lipinski definition) is 3. The van der Waals surface area contributed by atoms with E-state index in [0.29, 0.717) is 25.0 Å². The molecule has 2 N–H and O–H groups in total. The zero-order chi connectivity index (χ0) is 16.4. The number of nitrogens with one attached hydrogen (secondary N) is 1. The van der Waals surface area contributed by atoms with Crippen LogP contribution in [0.5, 0.6) is 0 Å². The second kappa shape index (κ2) is 4.72. The summed E-state index contributed by atoms with van der Waals surface area (Å²) in [6.45, 7) is 0. The largest absolute Gasteiger partial charge is 0.504 e. The lowest BCUT2D eigenvalue weighted by Crippen LogP contribution is -2.61. The predicted molar refractivity (Wildman–Crippen MR) is 73.3 cm³/mol. The van der Waals surface area contributed by atoms with Crippen LogP contribution >= 0.6 is 0 Å². The molecule has 0 spiro atoms. The highest BCUT2D eigenvalue weighted by Crippen LogP contribution is 2.55. The van der Waals surface area contributed by atoms with Gasteiger partial charge in [-0.3, -0.25) is 4.79 Å². The lowest BCUT2D eigenvalue weighted by molar-refractivity contribution is -0.212. The van der Waals surface area contributed by atoms with Gasteiger partial charge < -0.3 is 10.4 Å². The van der Waals surface area contributed by atoms with Gasteiger partial charge in [-0.15, -0.1) is 13.2 Å². The smallest absolute Gasteiger partial charge is 0.390 e. The Balaban J connectivity index is 1.48. The van der Waals surface area contributed by atoms with Gasteiger partial charge in [-0.05, 0) is 49.9 Å². The summed E-state index contributed by atoms with van der Waals surface area (Å²) in [6, 6.07) is -0.0615. The molecule has 5 nitrogen and oxygen atoms in total. The first-order valence-electron chi connectivity index (χ1n) is 7.89. The van der Waals surface area contributed by atoms with Crippen molar-refractivity contribution in [3.05, 3.63) is 18.0 Å². The van der Waals surface area contributed by atoms with Gasteiger partial charge in [-0.2, -0.15) is 9.78 Å². The number of aromatic nitrogens is 2. The van der Waals surface area contributed by atoms with E-state index in [1.54, 1.807) is 0 Å². The van der Waals surface area contributed by atoms with Crippen LogP contribution in [0, 0.1) is 17.8 Å². The van der Waals surface area contributed by atoms with Gasteiger partial charge in [-0.25, -0.2) is 0 Å². The molecule has 0 saturated heterocycles. The van der Waals surface area contributed by atoms with Gasteiger partial charge in [-0.1, -0.05) is 0 Å². The third-order valence-corrected chi connectivity index (χ3v) is 5.64. The Bertz CT molecular complexity index is 626. The minimum atomic E-state index is -4.62. The van der Waals surface area contributed by atoms with Crippen molar-refractivity contribution >= 4 is 5.91 Å². The molecule has 2 unspecified atom stereocenters. The van der Waals surface area contributed by atoms with Crippen molar-refractivity contribution in [2.75, 3.05) is 0 Å². The number of carbonyl (C=O) groups is 1. The van der Waals surface area contributed by atoms with Gasteiger partial charge in [0.05, 0.1) is 17.4 Å². The topological polar surface area (TPSA) is 67.2 Å². The van der Waals surface area contributed by atoms with Crippen molar-refractivity contribution < 1.29 is 23.1 Å². The summed E-state index contributed by atoms with van der Waals surface area (Å²) in [5.41, 5.74) is -0.686. The van der Waals surface area contributed by atoms with E-state index in [0.717, 1.165) is 25.5 Å². The van der Waals surface area contributed by atoms with Crippen molar-refractivity contribution in [1.29, 1.82) is 0 Å². The Kier molecular flexibility index (Phi) is 3.07. The van der Waals surface area contributed by atoms with Crippen LogP contribution < -0.4 is 5.32 Å². The van der Waals surface area contributed by atoms with E-state index in [1.165, 1.54) is 0 Å². The van der Waals surface area contributed by atoms with E-state index in [2.05, 4.69) is 10.4 Å². The monoisotopic (exact) mass is 329 g/mol. The first kappa shape index (κ1) is 15.0. The summed E-state index contributed by atoms with van der Waals surface area (Å²) in [6.07, 6.45) is 1.17. The second-order valence-corrected chi connectivity index (χ2v) is 7.33. The number of halogens is 3. The number of aliphatic hydroxyl groups is 1. The maximum absolute atomic E-state index is 12.5. The first-order chi connectivity index (χ1) is 10.7. The highest BCUT2D eigenvalue weighted by atomic mass is 19.4. The SMILES string of the molecule is O=C(NC1C2CC3CC1CC(O)(C3)C2)c1cnn(C(F)(F)F)c1. The van der Waals surface area contributed by atoms with Crippen LogP contribution in [0.15, 0.2) is 12.4 Å². The molecule has 0 radical (unpaired) electrons. The number of alkyl halides is 3. The summed E-state index contributed by atoms with van der Waals surface area (Å²) in [5, 5.41) is 16.6. The molecule has 0 aliphatic heterocycles. The first-order valence-corrected chi connectivity index (χ1v) is 7.89. The molecule has 5 rings (SSSR count). The Morgan fingerprint density at radius 2 is 1.96 bits per heavy atom. The van der Waals surface area contributed by atoms with Gasteiger partial charge in [0.15, 0.2) is 0 Å². The Labute approximate surface area is 130 Å². The fourth-order valence-electron chi connectivity index (χ4n) is 5.03. The molecule has 23 heavy (non-hydrogen) atoms. The molecule has 2 atom stereocenters. The van der Waals surface area contributed by atoms with Crippen LogP contribution in [0.25, 0.3) is 0 Å². The number of carbonyl (C=O) groups excluding carboxylic acids is 1. The van der Waals surface area contributed by atoms with Crippen LogP contribution in [0.3, 0.4) is 0 Å². The lowest BCUT2D eigenvalue weighted by atomic mass is 9.52. The highest BCUT2D eigenvalue weighted by Gasteiger charge is 2.55. The van der Waals surface area contributed by atoms with Crippen LogP contribution in [0.4, 0.5) is 13.2 Å². The predicted octanol–water partition coefficient (Wildman–Crippen LogP) is 2.03. The van der Waals surface area contributed by atoms with Crippen LogP contribution in [-0.4, -0.2) is 32.4 Å². The maximum Gasteiger partial charge on any atom is 0.504 e. The van der Waals surface area contributed by atoms with Crippen molar-refractivity contribution in [3.8, 4) is 0 Å². The molecule has 4 aliphatic carbocycles. The zero-order valence-electron chi connectivity index (χ0n) is 12.4. The number of amides is 1. The molecular weight excluding hydrogens is 311 g/mol. The molecule has 8 heteroatoms. The Morgan fingerprint density at radius 3 is 2.48 bits per heavy atom. The van der Waals surface area contributed by atoms with E-state index in [9.17, 15) is 23.1 Å². The van der Waals surface area contributed by atoms with E-state index in [1.807, 2.05) is 0 Å². The molecule has 4 fully saturated rings. The summed E-state index contributed by atoms with van der Waals surface area (Å²) in [7, 11) is 0. The minimum absolute atomic E-state index is 0.0615. The van der Waals surface area contributed by atoms with E-state index in [4.69, 9.17) is 0 Å². The molecule has 4 aliphatic rings. The number of nitrogens with zero attached hydrogens (tertiary/aromatic N) is 2. The van der Waals surface area contributed by atoms with Crippen LogP contribution in [0.1, 0.15) is 42.5 Å². The summed E-state index contributed by atoms with van der Waals surface area (Å²) < 4.78 is 37.5. The summed E-state index contributed by atoms with van der Waals surface area (Å²) in [4.78, 5) is 12.3. The highest BCUT2D eigenvalue weighted by molar-refractivity contribution is 5.93. The van der Waals surface area contributed by atoms with Crippen LogP contribution in [-0.2, 0) is 6.30 Å². The summed E-state index contributed by atoms with van der Waals surface area (Å²) >= 11 is 0. The van der Waals surface area contributed by atoms with Crippen molar-refractivity contribution in [1.82, 2.24) is 15.1 Å². The molecule has 4 bridgehead atoms. The molecule has 1 heterocycles. The van der Waals surface area contributed by atoms with Gasteiger partial charge in [0, 0.05) is 12.2 Å². The number of rotatable bonds is 2. The third-order valence-electron chi connectivity index (χ3n) is 5.64. The number of hydrogen-bond donors (Lipinski definition) is 2. The fourth-order valence-corrected chi connectivity index (χ4v) is 5.03. The molecular formula is C15H18F3N3O2. The molecule has 1 amide bonds. The third kappa shape index (κ3) is 2.52. The average Bonchev–Trinajstić information content (AvgIpc) is 2.90. The van der Waals surface area contributed by atoms with Gasteiger partial charge in [0.1, 0.15) is 0 Å². The standard InChI is InChI=1S/C15H18F3N3O2/c16-15(17,18)21-7-11(6-19-21)13(22)20-12-9-1-8-2-10(12)5-14(23,3-8)4-9/h6-10,12,23H,1-5H2,(H,20,22). The minimum Gasteiger partial charge on any atom is -0.390 e. The van der Waals surface area contributed by atoms with Crippen molar-refractivity contribution in [2.24, 2.45) is 17.8 Å². The molecule has 0 aromatic carbocycles. The van der Waals surface area contributed by atoms with Gasteiger partial charge in [0.25, 0.3) is 5.91 Å². The fraction of sp³-hybridized carbons (Fsp3) is 0.733. The normalized spacial score (nSPS) is 38.8. The second-order valence-electron chi connectivity index (χ2n) is 7.33. The van der Waals surface area contributed by atoms with Crippen molar-refractivity contribution in [3.63, 3.8) is 0 Å².